The highest BCUT2D eigenvalue weighted by Gasteiger charge is 2.36. The van der Waals surface area contributed by atoms with Crippen LogP contribution in [0.1, 0.15) is 33.6 Å². The van der Waals surface area contributed by atoms with E-state index >= 15 is 0 Å². The molecule has 3 unspecified atom stereocenters. The third-order valence-corrected chi connectivity index (χ3v) is 4.90. The molecule has 5 nitrogen and oxygen atoms in total. The first-order valence-electron chi connectivity index (χ1n) is 5.77. The van der Waals surface area contributed by atoms with Crippen LogP contribution in [0.2, 0.25) is 0 Å². The molecule has 0 saturated heterocycles. The summed E-state index contributed by atoms with van der Waals surface area (Å²) in [6.45, 7) is 4.91. The molecule has 6 heteroatoms. The summed E-state index contributed by atoms with van der Waals surface area (Å²) >= 11 is 0. The summed E-state index contributed by atoms with van der Waals surface area (Å²) in [4.78, 5) is 22.7. The molecule has 1 saturated carbocycles. The molecule has 0 aromatic rings. The molecule has 0 spiro atoms. The Morgan fingerprint density at radius 1 is 1.29 bits per heavy atom. The molecule has 1 aliphatic rings. The second-order valence-electron chi connectivity index (χ2n) is 4.76. The van der Waals surface area contributed by atoms with E-state index in [0.29, 0.717) is 0 Å². The Hall–Kier alpha value is -0.910. The lowest BCUT2D eigenvalue weighted by Crippen LogP contribution is -2.43. The molecule has 0 aromatic heterocycles. The number of hydrogen-bond donors (Lipinski definition) is 2. The number of carboxylic acids is 1. The summed E-state index contributed by atoms with van der Waals surface area (Å²) in [5, 5.41) is 9.99. The van der Waals surface area contributed by atoms with E-state index in [1.54, 1.807) is 13.8 Å². The Labute approximate surface area is 103 Å². The number of aliphatic carboxylic acids is 1. The zero-order valence-electron chi connectivity index (χ0n) is 10.3. The summed E-state index contributed by atoms with van der Waals surface area (Å²) in [6, 6.07) is 0.198. The average Bonchev–Trinajstić information content (AvgIpc) is 2.99. The summed E-state index contributed by atoms with van der Waals surface area (Å²) in [5.41, 5.74) is 0. The predicted octanol–water partition coefficient (Wildman–Crippen LogP) is 0.511. The van der Waals surface area contributed by atoms with Crippen LogP contribution in [-0.2, 0) is 20.4 Å². The van der Waals surface area contributed by atoms with Crippen molar-refractivity contribution in [1.82, 2.24) is 5.32 Å². The van der Waals surface area contributed by atoms with Crippen molar-refractivity contribution in [2.24, 2.45) is 5.92 Å². The van der Waals surface area contributed by atoms with Crippen LogP contribution in [-0.4, -0.2) is 37.7 Å². The number of carbonyl (C=O) groups excluding carboxylic acids is 1. The molecule has 0 aliphatic heterocycles. The molecule has 1 aliphatic carbocycles. The first kappa shape index (κ1) is 14.2. The molecule has 0 aromatic carbocycles. The van der Waals surface area contributed by atoms with Crippen LogP contribution in [0.15, 0.2) is 0 Å². The van der Waals surface area contributed by atoms with E-state index in [2.05, 4.69) is 5.32 Å². The number of carbonyl (C=O) groups is 2. The van der Waals surface area contributed by atoms with Gasteiger partial charge in [-0.3, -0.25) is 13.8 Å². The molecule has 17 heavy (non-hydrogen) atoms. The van der Waals surface area contributed by atoms with Crippen molar-refractivity contribution >= 4 is 22.7 Å². The first-order valence-corrected chi connectivity index (χ1v) is 7.04. The van der Waals surface area contributed by atoms with E-state index in [4.69, 9.17) is 5.11 Å². The average molecular weight is 261 g/mol. The van der Waals surface area contributed by atoms with Gasteiger partial charge in [-0.15, -0.1) is 0 Å². The Bertz CT molecular complexity index is 338. The van der Waals surface area contributed by atoms with Gasteiger partial charge in [0, 0.05) is 16.8 Å². The monoisotopic (exact) mass is 261 g/mol. The molecular formula is C11H19NO4S. The van der Waals surface area contributed by atoms with Gasteiger partial charge in [0.2, 0.25) is 5.91 Å². The van der Waals surface area contributed by atoms with E-state index in [1.165, 1.54) is 6.92 Å². The molecule has 98 valence electrons. The smallest absolute Gasteiger partial charge is 0.319 e. The fourth-order valence-electron chi connectivity index (χ4n) is 1.52. The maximum Gasteiger partial charge on any atom is 0.319 e. The van der Waals surface area contributed by atoms with E-state index in [0.717, 1.165) is 12.8 Å². The largest absolute Gasteiger partial charge is 0.480 e. The first-order chi connectivity index (χ1) is 7.84. The van der Waals surface area contributed by atoms with Crippen molar-refractivity contribution in [2.75, 3.05) is 0 Å². The topological polar surface area (TPSA) is 83.5 Å². The Morgan fingerprint density at radius 2 is 1.82 bits per heavy atom. The predicted molar refractivity (Wildman–Crippen MR) is 65.0 cm³/mol. The Morgan fingerprint density at radius 3 is 2.18 bits per heavy atom. The summed E-state index contributed by atoms with van der Waals surface area (Å²) in [6.07, 6.45) is 1.91. The lowest BCUT2D eigenvalue weighted by Gasteiger charge is -2.19. The second kappa shape index (κ2) is 5.62. The third-order valence-electron chi connectivity index (χ3n) is 2.74. The van der Waals surface area contributed by atoms with Crippen LogP contribution in [0.3, 0.4) is 0 Å². The zero-order valence-corrected chi connectivity index (χ0v) is 11.1. The quantitative estimate of drug-likeness (QED) is 0.730. The van der Waals surface area contributed by atoms with Crippen molar-refractivity contribution in [2.45, 2.75) is 50.2 Å². The minimum absolute atomic E-state index is 0.198. The van der Waals surface area contributed by atoms with Crippen LogP contribution in [0.4, 0.5) is 0 Å². The number of hydrogen-bond acceptors (Lipinski definition) is 3. The van der Waals surface area contributed by atoms with Crippen LogP contribution in [0.25, 0.3) is 0 Å². The van der Waals surface area contributed by atoms with Crippen LogP contribution in [0.5, 0.6) is 0 Å². The van der Waals surface area contributed by atoms with Gasteiger partial charge in [-0.05, 0) is 25.7 Å². The van der Waals surface area contributed by atoms with Crippen molar-refractivity contribution in [1.29, 1.82) is 0 Å². The Balaban J connectivity index is 2.64. The highest BCUT2D eigenvalue weighted by Crippen LogP contribution is 2.20. The number of carboxylic acid groups (broad SMARTS) is 1. The van der Waals surface area contributed by atoms with Gasteiger partial charge >= 0.3 is 5.97 Å². The molecule has 1 fully saturated rings. The van der Waals surface area contributed by atoms with E-state index < -0.39 is 27.3 Å². The maximum atomic E-state index is 12.0. The standard InChI is InChI=1S/C11H19NO4S/c1-6(2)9(11(14)15)17(16)7(3)10(13)12-8-4-5-8/h6-9H,4-5H2,1-3H3,(H,12,13)(H,14,15). The summed E-state index contributed by atoms with van der Waals surface area (Å²) in [5.74, 6) is -1.67. The number of rotatable bonds is 6. The van der Waals surface area contributed by atoms with Gasteiger partial charge in [0.05, 0.1) is 0 Å². The molecule has 2 N–H and O–H groups in total. The molecule has 1 amide bonds. The van der Waals surface area contributed by atoms with E-state index in [1.807, 2.05) is 0 Å². The molecule has 3 atom stereocenters. The molecule has 0 heterocycles. The normalized spacial score (nSPS) is 20.7. The van der Waals surface area contributed by atoms with Gasteiger partial charge in [-0.2, -0.15) is 0 Å². The maximum absolute atomic E-state index is 12.0. The fraction of sp³-hybridized carbons (Fsp3) is 0.818. The van der Waals surface area contributed by atoms with Crippen molar-refractivity contribution < 1.29 is 18.9 Å². The van der Waals surface area contributed by atoms with E-state index in [-0.39, 0.29) is 17.9 Å². The molecular weight excluding hydrogens is 242 g/mol. The lowest BCUT2D eigenvalue weighted by atomic mass is 10.1. The fourth-order valence-corrected chi connectivity index (χ4v) is 2.98. The summed E-state index contributed by atoms with van der Waals surface area (Å²) in [7, 11) is -1.69. The van der Waals surface area contributed by atoms with Crippen molar-refractivity contribution in [3.8, 4) is 0 Å². The highest BCUT2D eigenvalue weighted by molar-refractivity contribution is 7.87. The SMILES string of the molecule is CC(C)C(C(=O)O)S(=O)C(C)C(=O)NC1CC1. The molecule has 1 rings (SSSR count). The zero-order chi connectivity index (χ0) is 13.2. The van der Waals surface area contributed by atoms with Gasteiger partial charge in [0.1, 0.15) is 10.5 Å². The van der Waals surface area contributed by atoms with Crippen molar-refractivity contribution in [3.63, 3.8) is 0 Å². The minimum Gasteiger partial charge on any atom is -0.480 e. The van der Waals surface area contributed by atoms with Gasteiger partial charge in [0.25, 0.3) is 0 Å². The molecule has 0 bridgehead atoms. The second-order valence-corrected chi connectivity index (χ2v) is 6.63. The van der Waals surface area contributed by atoms with Gasteiger partial charge < -0.3 is 10.4 Å². The minimum atomic E-state index is -1.69. The summed E-state index contributed by atoms with van der Waals surface area (Å²) < 4.78 is 12.0. The number of nitrogens with one attached hydrogen (secondary N) is 1. The van der Waals surface area contributed by atoms with Gasteiger partial charge in [-0.25, -0.2) is 0 Å². The van der Waals surface area contributed by atoms with Gasteiger partial charge in [-0.1, -0.05) is 13.8 Å². The Kier molecular flexibility index (Phi) is 4.68. The van der Waals surface area contributed by atoms with Crippen LogP contribution < -0.4 is 5.32 Å². The third kappa shape index (κ3) is 3.80. The lowest BCUT2D eigenvalue weighted by molar-refractivity contribution is -0.137. The van der Waals surface area contributed by atoms with Crippen molar-refractivity contribution in [3.05, 3.63) is 0 Å². The highest BCUT2D eigenvalue weighted by atomic mass is 32.2. The number of amides is 1. The van der Waals surface area contributed by atoms with E-state index in [9.17, 15) is 13.8 Å². The van der Waals surface area contributed by atoms with Crippen LogP contribution >= 0.6 is 0 Å². The molecule has 0 radical (unpaired) electrons. The van der Waals surface area contributed by atoms with Crippen LogP contribution in [0, 0.1) is 5.92 Å². The van der Waals surface area contributed by atoms with Gasteiger partial charge in [0.15, 0.2) is 0 Å².